The summed E-state index contributed by atoms with van der Waals surface area (Å²) in [7, 11) is 1.69. The molecule has 2 amide bonds. The maximum Gasteiger partial charge on any atom is 0.315 e. The molecule has 1 aromatic carbocycles. The molecule has 1 aromatic heterocycles. The van der Waals surface area contributed by atoms with Crippen LogP contribution in [0, 0.1) is 0 Å². The Morgan fingerprint density at radius 1 is 1.25 bits per heavy atom. The minimum absolute atomic E-state index is 0.151. The number of benzene rings is 1. The smallest absolute Gasteiger partial charge is 0.315 e. The number of para-hydroxylation sites is 2. The molecule has 0 aliphatic carbocycles. The van der Waals surface area contributed by atoms with Gasteiger partial charge in [0.25, 0.3) is 0 Å². The molecule has 2 N–H and O–H groups in total. The van der Waals surface area contributed by atoms with Gasteiger partial charge in [-0.1, -0.05) is 12.1 Å². The van der Waals surface area contributed by atoms with E-state index in [9.17, 15) is 4.79 Å². The van der Waals surface area contributed by atoms with Crippen molar-refractivity contribution in [2.45, 2.75) is 25.4 Å². The van der Waals surface area contributed by atoms with E-state index in [0.29, 0.717) is 6.54 Å². The van der Waals surface area contributed by atoms with Gasteiger partial charge in [0.15, 0.2) is 0 Å². The second-order valence-electron chi connectivity index (χ2n) is 5.84. The van der Waals surface area contributed by atoms with Crippen LogP contribution < -0.4 is 20.3 Å². The van der Waals surface area contributed by atoms with E-state index in [1.165, 1.54) is 0 Å². The fourth-order valence-electron chi connectivity index (χ4n) is 2.97. The van der Waals surface area contributed by atoms with E-state index in [0.717, 1.165) is 43.1 Å². The molecule has 2 heterocycles. The highest BCUT2D eigenvalue weighted by molar-refractivity contribution is 5.74. The van der Waals surface area contributed by atoms with Gasteiger partial charge in [0.05, 0.1) is 25.6 Å². The predicted molar refractivity (Wildman–Crippen MR) is 92.3 cm³/mol. The first kappa shape index (κ1) is 16.2. The molecular weight excluding hydrogens is 306 g/mol. The lowest BCUT2D eigenvalue weighted by Crippen LogP contribution is -2.47. The van der Waals surface area contributed by atoms with Crippen molar-refractivity contribution in [3.63, 3.8) is 0 Å². The molecule has 0 saturated carbocycles. The number of urea groups is 1. The number of methoxy groups -OCH3 is 1. The Morgan fingerprint density at radius 2 is 2.04 bits per heavy atom. The number of carbonyl (C=O) groups excluding carboxylic acids is 1. The summed E-state index contributed by atoms with van der Waals surface area (Å²) in [5.74, 6) is 1.64. The quantitative estimate of drug-likeness (QED) is 0.885. The standard InChI is InChI=1S/C18H23N3O3/c1-23-17-7-3-2-6-16(17)21-10-8-14(9-11-21)20-18(22)19-13-15-5-4-12-24-15/h2-7,12,14H,8-11,13H2,1H3,(H2,19,20,22). The van der Waals surface area contributed by atoms with Crippen LogP contribution in [0.2, 0.25) is 0 Å². The maximum absolute atomic E-state index is 12.0. The number of hydrogen-bond donors (Lipinski definition) is 2. The Hall–Kier alpha value is -2.63. The Balaban J connectivity index is 1.45. The second-order valence-corrected chi connectivity index (χ2v) is 5.84. The lowest BCUT2D eigenvalue weighted by Gasteiger charge is -2.34. The van der Waals surface area contributed by atoms with Crippen molar-refractivity contribution in [1.29, 1.82) is 0 Å². The first-order valence-corrected chi connectivity index (χ1v) is 8.21. The minimum Gasteiger partial charge on any atom is -0.495 e. The number of anilines is 1. The summed E-state index contributed by atoms with van der Waals surface area (Å²) in [6.07, 6.45) is 3.42. The zero-order valence-electron chi connectivity index (χ0n) is 13.8. The third-order valence-electron chi connectivity index (χ3n) is 4.26. The number of amides is 2. The van der Waals surface area contributed by atoms with Gasteiger partial charge in [-0.05, 0) is 37.1 Å². The van der Waals surface area contributed by atoms with Crippen molar-refractivity contribution in [3.8, 4) is 5.75 Å². The molecule has 128 valence electrons. The zero-order chi connectivity index (χ0) is 16.8. The number of nitrogens with zero attached hydrogens (tertiary/aromatic N) is 1. The van der Waals surface area contributed by atoms with Crippen LogP contribution in [0.25, 0.3) is 0 Å². The molecule has 6 heteroatoms. The Labute approximate surface area is 141 Å². The lowest BCUT2D eigenvalue weighted by molar-refractivity contribution is 0.233. The molecule has 1 saturated heterocycles. The van der Waals surface area contributed by atoms with Gasteiger partial charge in [0.1, 0.15) is 11.5 Å². The third-order valence-corrected chi connectivity index (χ3v) is 4.26. The van der Waals surface area contributed by atoms with Crippen LogP contribution in [0.15, 0.2) is 47.1 Å². The molecular formula is C18H23N3O3. The molecule has 2 aromatic rings. The number of piperidine rings is 1. The van der Waals surface area contributed by atoms with Crippen LogP contribution >= 0.6 is 0 Å². The molecule has 0 atom stereocenters. The van der Waals surface area contributed by atoms with Gasteiger partial charge in [-0.25, -0.2) is 4.79 Å². The molecule has 0 radical (unpaired) electrons. The number of ether oxygens (including phenoxy) is 1. The molecule has 1 fully saturated rings. The fraction of sp³-hybridized carbons (Fsp3) is 0.389. The van der Waals surface area contributed by atoms with E-state index in [1.54, 1.807) is 13.4 Å². The van der Waals surface area contributed by atoms with E-state index < -0.39 is 0 Å². The van der Waals surface area contributed by atoms with Gasteiger partial charge in [-0.3, -0.25) is 0 Å². The largest absolute Gasteiger partial charge is 0.495 e. The number of furan rings is 1. The van der Waals surface area contributed by atoms with Gasteiger partial charge in [0.2, 0.25) is 0 Å². The van der Waals surface area contributed by atoms with Gasteiger partial charge >= 0.3 is 6.03 Å². The van der Waals surface area contributed by atoms with Crippen LogP contribution in [0.3, 0.4) is 0 Å². The van der Waals surface area contributed by atoms with E-state index in [1.807, 2.05) is 30.3 Å². The highest BCUT2D eigenvalue weighted by Crippen LogP contribution is 2.29. The third kappa shape index (κ3) is 4.01. The first-order valence-electron chi connectivity index (χ1n) is 8.21. The van der Waals surface area contributed by atoms with E-state index in [4.69, 9.17) is 9.15 Å². The topological polar surface area (TPSA) is 66.7 Å². The number of carbonyl (C=O) groups is 1. The molecule has 6 nitrogen and oxygen atoms in total. The first-order chi connectivity index (χ1) is 11.8. The van der Waals surface area contributed by atoms with Crippen molar-refractivity contribution in [1.82, 2.24) is 10.6 Å². The highest BCUT2D eigenvalue weighted by Gasteiger charge is 2.22. The van der Waals surface area contributed by atoms with Crippen molar-refractivity contribution in [2.24, 2.45) is 0 Å². The van der Waals surface area contributed by atoms with Crippen LogP contribution in [-0.2, 0) is 6.54 Å². The summed E-state index contributed by atoms with van der Waals surface area (Å²) < 4.78 is 10.6. The molecule has 1 aliphatic heterocycles. The summed E-state index contributed by atoms with van der Waals surface area (Å²) >= 11 is 0. The van der Waals surface area contributed by atoms with Crippen molar-refractivity contribution < 1.29 is 13.9 Å². The number of hydrogen-bond acceptors (Lipinski definition) is 4. The van der Waals surface area contributed by atoms with Crippen molar-refractivity contribution in [2.75, 3.05) is 25.1 Å². The minimum atomic E-state index is -0.151. The summed E-state index contributed by atoms with van der Waals surface area (Å²) in [5, 5.41) is 5.85. The van der Waals surface area contributed by atoms with Gasteiger partial charge in [-0.15, -0.1) is 0 Å². The molecule has 0 bridgehead atoms. The molecule has 3 rings (SSSR count). The van der Waals surface area contributed by atoms with Crippen LogP contribution in [0.5, 0.6) is 5.75 Å². The fourth-order valence-corrected chi connectivity index (χ4v) is 2.97. The SMILES string of the molecule is COc1ccccc1N1CCC(NC(=O)NCc2ccco2)CC1. The van der Waals surface area contributed by atoms with E-state index in [2.05, 4.69) is 21.6 Å². The molecule has 0 unspecified atom stereocenters. The summed E-state index contributed by atoms with van der Waals surface area (Å²) in [6.45, 7) is 2.19. The Kier molecular flexibility index (Phi) is 5.25. The Bertz CT molecular complexity index is 649. The number of rotatable bonds is 5. The molecule has 0 spiro atoms. The lowest BCUT2D eigenvalue weighted by atomic mass is 10.0. The zero-order valence-corrected chi connectivity index (χ0v) is 13.8. The van der Waals surface area contributed by atoms with Crippen LogP contribution in [0.4, 0.5) is 10.5 Å². The van der Waals surface area contributed by atoms with Gasteiger partial charge < -0.3 is 24.7 Å². The van der Waals surface area contributed by atoms with Crippen molar-refractivity contribution >= 4 is 11.7 Å². The summed E-state index contributed by atoms with van der Waals surface area (Å²) in [5.41, 5.74) is 1.11. The highest BCUT2D eigenvalue weighted by atomic mass is 16.5. The average Bonchev–Trinajstić information content (AvgIpc) is 3.14. The summed E-state index contributed by atoms with van der Waals surface area (Å²) in [4.78, 5) is 14.3. The van der Waals surface area contributed by atoms with Gasteiger partial charge in [-0.2, -0.15) is 0 Å². The van der Waals surface area contributed by atoms with E-state index >= 15 is 0 Å². The van der Waals surface area contributed by atoms with Crippen LogP contribution in [-0.4, -0.2) is 32.3 Å². The normalized spacial score (nSPS) is 15.1. The predicted octanol–water partition coefficient (Wildman–Crippen LogP) is 2.76. The average molecular weight is 329 g/mol. The van der Waals surface area contributed by atoms with Crippen molar-refractivity contribution in [3.05, 3.63) is 48.4 Å². The maximum atomic E-state index is 12.0. The summed E-state index contributed by atoms with van der Waals surface area (Å²) in [6, 6.07) is 11.7. The number of nitrogens with one attached hydrogen (secondary N) is 2. The monoisotopic (exact) mass is 329 g/mol. The molecule has 1 aliphatic rings. The van der Waals surface area contributed by atoms with E-state index in [-0.39, 0.29) is 12.1 Å². The second kappa shape index (κ2) is 7.77. The molecule has 24 heavy (non-hydrogen) atoms. The van der Waals surface area contributed by atoms with Gasteiger partial charge in [0, 0.05) is 19.1 Å². The Morgan fingerprint density at radius 3 is 2.75 bits per heavy atom. The van der Waals surface area contributed by atoms with Crippen LogP contribution in [0.1, 0.15) is 18.6 Å².